The molecule has 15 heavy (non-hydrogen) atoms. The highest BCUT2D eigenvalue weighted by Crippen LogP contribution is 2.24. The molecule has 0 saturated carbocycles. The van der Waals surface area contributed by atoms with E-state index in [1.807, 2.05) is 20.8 Å². The molecule has 4 nitrogen and oxygen atoms in total. The van der Waals surface area contributed by atoms with Gasteiger partial charge in [0.15, 0.2) is 5.79 Å². The number of ether oxygens (including phenoxy) is 2. The zero-order chi connectivity index (χ0) is 11.9. The van der Waals surface area contributed by atoms with Gasteiger partial charge in [-0.3, -0.25) is 0 Å². The van der Waals surface area contributed by atoms with Gasteiger partial charge in [0.05, 0.1) is 12.2 Å². The van der Waals surface area contributed by atoms with Crippen LogP contribution in [0.5, 0.6) is 0 Å². The monoisotopic (exact) mass is 236 g/mol. The molecule has 3 atom stereocenters. The molecule has 0 amide bonds. The molecular formula is C10H21O4P. The van der Waals surface area contributed by atoms with Crippen LogP contribution in [0.3, 0.4) is 0 Å². The molecule has 0 aromatic rings. The smallest absolute Gasteiger partial charge is 0.167 e. The zero-order valence-electron chi connectivity index (χ0n) is 9.86. The maximum Gasteiger partial charge on any atom is 0.167 e. The number of aldehydes is 1. The van der Waals surface area contributed by atoms with Crippen molar-refractivity contribution in [3.63, 3.8) is 0 Å². The van der Waals surface area contributed by atoms with Gasteiger partial charge in [0.1, 0.15) is 6.29 Å². The van der Waals surface area contributed by atoms with E-state index in [0.717, 1.165) is 6.29 Å². The second-order valence-electron chi connectivity index (χ2n) is 3.87. The molecule has 0 aliphatic rings. The minimum atomic E-state index is -0.710. The molecule has 0 spiro atoms. The molecule has 0 radical (unpaired) electrons. The number of hydrogen-bond donors (Lipinski definition) is 0. The van der Waals surface area contributed by atoms with Gasteiger partial charge in [0.25, 0.3) is 0 Å². The Balaban J connectivity index is 4.31. The topological polar surface area (TPSA) is 44.8 Å². The van der Waals surface area contributed by atoms with Crippen molar-refractivity contribution in [2.24, 2.45) is 0 Å². The van der Waals surface area contributed by atoms with Crippen LogP contribution in [0.1, 0.15) is 33.6 Å². The van der Waals surface area contributed by atoms with E-state index in [4.69, 9.17) is 14.0 Å². The fourth-order valence-electron chi connectivity index (χ4n) is 1.39. The van der Waals surface area contributed by atoms with Crippen LogP contribution in [-0.2, 0) is 18.8 Å². The van der Waals surface area contributed by atoms with Crippen molar-refractivity contribution in [1.29, 1.82) is 0 Å². The van der Waals surface area contributed by atoms with Crippen molar-refractivity contribution in [2.45, 2.75) is 51.6 Å². The fourth-order valence-corrected chi connectivity index (χ4v) is 1.59. The maximum absolute atomic E-state index is 10.4. The van der Waals surface area contributed by atoms with E-state index < -0.39 is 5.79 Å². The minimum Gasteiger partial charge on any atom is -0.362 e. The SMILES string of the molecule is COC(C)(C[C@H](CC=O)OP)OC(C)C. The summed E-state index contributed by atoms with van der Waals surface area (Å²) in [6.45, 7) is 5.72. The summed E-state index contributed by atoms with van der Waals surface area (Å²) in [6, 6.07) is 0. The van der Waals surface area contributed by atoms with Crippen molar-refractivity contribution in [2.75, 3.05) is 7.11 Å². The van der Waals surface area contributed by atoms with Crippen molar-refractivity contribution in [1.82, 2.24) is 0 Å². The van der Waals surface area contributed by atoms with Crippen LogP contribution in [0.2, 0.25) is 0 Å². The van der Waals surface area contributed by atoms with Crippen LogP contribution < -0.4 is 0 Å². The molecule has 0 aromatic carbocycles. The lowest BCUT2D eigenvalue weighted by atomic mass is 10.1. The second-order valence-corrected chi connectivity index (χ2v) is 4.14. The van der Waals surface area contributed by atoms with Crippen LogP contribution in [0.4, 0.5) is 0 Å². The van der Waals surface area contributed by atoms with E-state index in [0.29, 0.717) is 12.8 Å². The van der Waals surface area contributed by atoms with Crippen LogP contribution in [0.25, 0.3) is 0 Å². The summed E-state index contributed by atoms with van der Waals surface area (Å²) in [7, 11) is 3.75. The van der Waals surface area contributed by atoms with Gasteiger partial charge in [-0.25, -0.2) is 0 Å². The van der Waals surface area contributed by atoms with Crippen LogP contribution in [-0.4, -0.2) is 31.4 Å². The van der Waals surface area contributed by atoms with Gasteiger partial charge in [0.2, 0.25) is 0 Å². The van der Waals surface area contributed by atoms with Gasteiger partial charge < -0.3 is 18.8 Å². The number of methoxy groups -OCH3 is 1. The first-order valence-corrected chi connectivity index (χ1v) is 5.46. The third-order valence-corrected chi connectivity index (χ3v) is 2.45. The van der Waals surface area contributed by atoms with Crippen LogP contribution in [0, 0.1) is 0 Å². The predicted molar refractivity (Wildman–Crippen MR) is 61.5 cm³/mol. The lowest BCUT2D eigenvalue weighted by molar-refractivity contribution is -0.239. The predicted octanol–water partition coefficient (Wildman–Crippen LogP) is 1.93. The Kier molecular flexibility index (Phi) is 7.28. The van der Waals surface area contributed by atoms with Crippen molar-refractivity contribution in [3.05, 3.63) is 0 Å². The average Bonchev–Trinajstić information content (AvgIpc) is 2.16. The average molecular weight is 236 g/mol. The molecule has 0 heterocycles. The quantitative estimate of drug-likeness (QED) is 0.367. The molecule has 90 valence electrons. The van der Waals surface area contributed by atoms with Gasteiger partial charge in [-0.15, -0.1) is 0 Å². The minimum absolute atomic E-state index is 0.0661. The van der Waals surface area contributed by atoms with Crippen molar-refractivity contribution < 1.29 is 18.8 Å². The van der Waals surface area contributed by atoms with Gasteiger partial charge in [-0.05, 0) is 20.8 Å². The summed E-state index contributed by atoms with van der Waals surface area (Å²) >= 11 is 0. The highest BCUT2D eigenvalue weighted by molar-refractivity contribution is 7.09. The summed E-state index contributed by atoms with van der Waals surface area (Å²) in [5.41, 5.74) is 0. The molecule has 5 heteroatoms. The molecule has 0 aliphatic carbocycles. The molecule has 2 unspecified atom stereocenters. The van der Waals surface area contributed by atoms with E-state index >= 15 is 0 Å². The third-order valence-electron chi connectivity index (χ3n) is 2.07. The van der Waals surface area contributed by atoms with E-state index in [1.54, 1.807) is 7.11 Å². The molecule has 0 N–H and O–H groups in total. The first-order chi connectivity index (χ1) is 6.97. The lowest BCUT2D eigenvalue weighted by Gasteiger charge is -2.32. The Morgan fingerprint density at radius 3 is 2.40 bits per heavy atom. The largest absolute Gasteiger partial charge is 0.362 e. The van der Waals surface area contributed by atoms with E-state index in [9.17, 15) is 4.79 Å². The van der Waals surface area contributed by atoms with Gasteiger partial charge >= 0.3 is 0 Å². The molecule has 0 saturated heterocycles. The number of rotatable bonds is 8. The zero-order valence-corrected chi connectivity index (χ0v) is 11.0. The van der Waals surface area contributed by atoms with E-state index in [2.05, 4.69) is 9.47 Å². The van der Waals surface area contributed by atoms with Crippen LogP contribution in [0.15, 0.2) is 0 Å². The Bertz CT molecular complexity index is 186. The molecule has 0 fully saturated rings. The summed E-state index contributed by atoms with van der Waals surface area (Å²) in [5, 5.41) is 0. The summed E-state index contributed by atoms with van der Waals surface area (Å²) in [4.78, 5) is 10.4. The van der Waals surface area contributed by atoms with Crippen molar-refractivity contribution in [3.8, 4) is 0 Å². The Morgan fingerprint density at radius 1 is 1.47 bits per heavy atom. The summed E-state index contributed by atoms with van der Waals surface area (Å²) in [5.74, 6) is -0.710. The Labute approximate surface area is 93.9 Å². The Hall–Kier alpha value is -0.0200. The fraction of sp³-hybridized carbons (Fsp3) is 0.900. The number of carbonyl (C=O) groups is 1. The lowest BCUT2D eigenvalue weighted by Crippen LogP contribution is -2.37. The number of carbonyl (C=O) groups excluding carboxylic acids is 1. The summed E-state index contributed by atoms with van der Waals surface area (Å²) in [6.07, 6.45) is 1.56. The molecule has 0 bridgehead atoms. The first kappa shape index (κ1) is 15.0. The summed E-state index contributed by atoms with van der Waals surface area (Å²) < 4.78 is 16.0. The van der Waals surface area contributed by atoms with E-state index in [-0.39, 0.29) is 12.2 Å². The highest BCUT2D eigenvalue weighted by atomic mass is 31.0. The normalized spacial score (nSPS) is 17.5. The maximum atomic E-state index is 10.4. The molecular weight excluding hydrogens is 215 g/mol. The Morgan fingerprint density at radius 2 is 2.07 bits per heavy atom. The number of hydrogen-bond acceptors (Lipinski definition) is 4. The molecule has 0 rings (SSSR count). The second kappa shape index (κ2) is 7.29. The molecule has 0 aliphatic heterocycles. The highest BCUT2D eigenvalue weighted by Gasteiger charge is 2.29. The first-order valence-electron chi connectivity index (χ1n) is 4.99. The van der Waals surface area contributed by atoms with Crippen molar-refractivity contribution >= 4 is 15.8 Å². The molecule has 0 aromatic heterocycles. The van der Waals surface area contributed by atoms with Crippen LogP contribution >= 0.6 is 9.47 Å². The third kappa shape index (κ3) is 6.21. The van der Waals surface area contributed by atoms with Gasteiger partial charge in [-0.1, -0.05) is 0 Å². The van der Waals surface area contributed by atoms with E-state index in [1.165, 1.54) is 0 Å². The van der Waals surface area contributed by atoms with Gasteiger partial charge in [-0.2, -0.15) is 0 Å². The standard InChI is InChI=1S/C10H21O4P/c1-8(2)13-10(3,12-4)7-9(14-15)5-6-11/h6,8-9H,5,7,15H2,1-4H3/t9-,10?/m0/s1. The van der Waals surface area contributed by atoms with Gasteiger partial charge in [0, 0.05) is 29.4 Å².